The van der Waals surface area contributed by atoms with Gasteiger partial charge in [-0.15, -0.1) is 0 Å². The second-order valence-corrected chi connectivity index (χ2v) is 9.08. The Bertz CT molecular complexity index is 1450. The van der Waals surface area contributed by atoms with Crippen LogP contribution in [0.5, 0.6) is 5.75 Å². The Labute approximate surface area is 205 Å². The van der Waals surface area contributed by atoms with Crippen LogP contribution in [0.1, 0.15) is 38.3 Å². The molecule has 1 saturated heterocycles. The van der Waals surface area contributed by atoms with Crippen molar-refractivity contribution in [2.75, 3.05) is 33.4 Å². The van der Waals surface area contributed by atoms with Crippen LogP contribution < -0.4 is 4.74 Å². The first-order valence-corrected chi connectivity index (χ1v) is 11.5. The molecule has 0 radical (unpaired) electrons. The van der Waals surface area contributed by atoms with Crippen molar-refractivity contribution in [3.05, 3.63) is 78.0 Å². The van der Waals surface area contributed by atoms with E-state index in [1.165, 1.54) is 37.2 Å². The number of carbonyl (C=O) groups excluding carboxylic acids is 2. The SMILES string of the molecule is COc1ccc2c3c([nH]c2c1)[C@@H](CO)N(C(=O)c1cnccn1)CC31CN(C(=O)c2cnccn2)C1. The summed E-state index contributed by atoms with van der Waals surface area (Å²) in [6, 6.07) is 5.15. The molecule has 3 aromatic heterocycles. The van der Waals surface area contributed by atoms with Crippen LogP contribution >= 0.6 is 0 Å². The molecule has 11 nitrogen and oxygen atoms in total. The fourth-order valence-corrected chi connectivity index (χ4v) is 5.43. The lowest BCUT2D eigenvalue weighted by atomic mass is 9.68. The summed E-state index contributed by atoms with van der Waals surface area (Å²) in [4.78, 5) is 49.7. The number of aliphatic hydroxyl groups excluding tert-OH is 1. The Hall–Kier alpha value is -4.38. The summed E-state index contributed by atoms with van der Waals surface area (Å²) in [6.45, 7) is 0.804. The highest BCUT2D eigenvalue weighted by atomic mass is 16.5. The van der Waals surface area contributed by atoms with Crippen LogP contribution in [0.15, 0.2) is 55.4 Å². The summed E-state index contributed by atoms with van der Waals surface area (Å²) in [5.74, 6) is 0.145. The Balaban J connectivity index is 1.44. The van der Waals surface area contributed by atoms with Crippen molar-refractivity contribution in [2.24, 2.45) is 0 Å². The summed E-state index contributed by atoms with van der Waals surface area (Å²) in [6.07, 6.45) is 8.84. The average molecular weight is 486 g/mol. The summed E-state index contributed by atoms with van der Waals surface area (Å²) < 4.78 is 5.40. The third kappa shape index (κ3) is 3.31. The van der Waals surface area contributed by atoms with E-state index in [9.17, 15) is 14.7 Å². The molecule has 1 fully saturated rings. The molecule has 0 saturated carbocycles. The number of methoxy groups -OCH3 is 1. The molecule has 2 aliphatic rings. The number of aromatic amines is 1. The van der Waals surface area contributed by atoms with Gasteiger partial charge < -0.3 is 24.6 Å². The number of hydrogen-bond acceptors (Lipinski definition) is 8. The first-order valence-electron chi connectivity index (χ1n) is 11.5. The zero-order valence-corrected chi connectivity index (χ0v) is 19.5. The minimum absolute atomic E-state index is 0.194. The number of fused-ring (bicyclic) bond motifs is 4. The molecule has 5 heterocycles. The fraction of sp³-hybridized carbons (Fsp3) is 0.280. The number of aromatic nitrogens is 5. The largest absolute Gasteiger partial charge is 0.497 e. The molecule has 2 aliphatic heterocycles. The number of amides is 2. The zero-order valence-electron chi connectivity index (χ0n) is 19.5. The molecule has 11 heteroatoms. The second-order valence-electron chi connectivity index (χ2n) is 9.08. The fourth-order valence-electron chi connectivity index (χ4n) is 5.43. The number of carbonyl (C=O) groups is 2. The number of H-pyrrole nitrogens is 1. The van der Waals surface area contributed by atoms with Crippen LogP contribution in [0, 0.1) is 0 Å². The van der Waals surface area contributed by atoms with E-state index in [-0.39, 0.29) is 29.8 Å². The number of rotatable bonds is 4. The van der Waals surface area contributed by atoms with Gasteiger partial charge in [0.05, 0.1) is 37.6 Å². The van der Waals surface area contributed by atoms with Gasteiger partial charge >= 0.3 is 0 Å². The number of nitrogens with zero attached hydrogens (tertiary/aromatic N) is 6. The van der Waals surface area contributed by atoms with Crippen LogP contribution in [0.2, 0.25) is 0 Å². The second kappa shape index (κ2) is 8.38. The first kappa shape index (κ1) is 22.1. The lowest BCUT2D eigenvalue weighted by molar-refractivity contribution is 0.00252. The maximum atomic E-state index is 13.5. The molecule has 2 N–H and O–H groups in total. The molecule has 0 bridgehead atoms. The molecule has 6 rings (SSSR count). The summed E-state index contributed by atoms with van der Waals surface area (Å²) in [5, 5.41) is 11.4. The first-order chi connectivity index (χ1) is 17.5. The van der Waals surface area contributed by atoms with Crippen molar-refractivity contribution >= 4 is 22.7 Å². The average Bonchev–Trinajstić information content (AvgIpc) is 3.30. The molecule has 182 valence electrons. The minimum atomic E-state index is -0.608. The molecule has 4 aromatic rings. The van der Waals surface area contributed by atoms with Gasteiger partial charge in [0, 0.05) is 67.1 Å². The van der Waals surface area contributed by atoms with E-state index in [0.29, 0.717) is 25.4 Å². The van der Waals surface area contributed by atoms with Gasteiger partial charge in [0.15, 0.2) is 0 Å². The van der Waals surface area contributed by atoms with Gasteiger partial charge in [0.2, 0.25) is 0 Å². The van der Waals surface area contributed by atoms with Crippen molar-refractivity contribution in [2.45, 2.75) is 11.5 Å². The molecule has 1 spiro atoms. The molecular formula is C25H23N7O4. The van der Waals surface area contributed by atoms with Crippen molar-refractivity contribution in [1.29, 1.82) is 0 Å². The quantitative estimate of drug-likeness (QED) is 0.442. The van der Waals surface area contributed by atoms with Gasteiger partial charge in [-0.25, -0.2) is 9.97 Å². The third-order valence-corrected chi connectivity index (χ3v) is 7.02. The smallest absolute Gasteiger partial charge is 0.274 e. The number of hydrogen-bond donors (Lipinski definition) is 2. The van der Waals surface area contributed by atoms with Gasteiger partial charge in [0.1, 0.15) is 17.1 Å². The number of aliphatic hydroxyl groups is 1. The summed E-state index contributed by atoms with van der Waals surface area (Å²) in [5.41, 5.74) is 2.52. The lowest BCUT2D eigenvalue weighted by Gasteiger charge is -2.55. The Morgan fingerprint density at radius 2 is 1.75 bits per heavy atom. The molecule has 1 atom stereocenters. The van der Waals surface area contributed by atoms with E-state index in [1.54, 1.807) is 16.9 Å². The van der Waals surface area contributed by atoms with E-state index in [2.05, 4.69) is 24.9 Å². The van der Waals surface area contributed by atoms with Gasteiger partial charge in [0.25, 0.3) is 11.8 Å². The molecule has 0 aliphatic carbocycles. The van der Waals surface area contributed by atoms with Gasteiger partial charge in [-0.05, 0) is 17.7 Å². The lowest BCUT2D eigenvalue weighted by Crippen LogP contribution is -2.68. The maximum absolute atomic E-state index is 13.5. The number of benzene rings is 1. The molecule has 0 unspecified atom stereocenters. The van der Waals surface area contributed by atoms with E-state index in [4.69, 9.17) is 4.74 Å². The number of nitrogens with one attached hydrogen (secondary N) is 1. The highest BCUT2D eigenvalue weighted by Gasteiger charge is 2.55. The monoisotopic (exact) mass is 485 g/mol. The normalized spacial score (nSPS) is 18.1. The highest BCUT2D eigenvalue weighted by molar-refractivity contribution is 5.96. The van der Waals surface area contributed by atoms with Crippen LogP contribution in [0.3, 0.4) is 0 Å². The van der Waals surface area contributed by atoms with E-state index < -0.39 is 11.5 Å². The topological polar surface area (TPSA) is 137 Å². The summed E-state index contributed by atoms with van der Waals surface area (Å²) in [7, 11) is 1.60. The Morgan fingerprint density at radius 3 is 2.36 bits per heavy atom. The Morgan fingerprint density at radius 1 is 1.06 bits per heavy atom. The zero-order chi connectivity index (χ0) is 24.9. The standard InChI is InChI=1S/C25H23N7O4/c1-36-15-2-3-16-17(8-15)30-22-20(11-33)32(24(35)19-10-27-5-7-29-19)14-25(21(16)22)12-31(13-25)23(34)18-9-26-4-6-28-18/h2-10,20,30,33H,11-14H2,1H3/t20-/m1/s1. The van der Waals surface area contributed by atoms with E-state index in [1.807, 2.05) is 18.2 Å². The maximum Gasteiger partial charge on any atom is 0.274 e. The van der Waals surface area contributed by atoms with Crippen molar-refractivity contribution in [3.63, 3.8) is 0 Å². The van der Waals surface area contributed by atoms with Crippen molar-refractivity contribution < 1.29 is 19.4 Å². The van der Waals surface area contributed by atoms with Crippen molar-refractivity contribution in [1.82, 2.24) is 34.7 Å². The van der Waals surface area contributed by atoms with Crippen LogP contribution in [-0.4, -0.2) is 85.0 Å². The van der Waals surface area contributed by atoms with E-state index in [0.717, 1.165) is 22.2 Å². The third-order valence-electron chi connectivity index (χ3n) is 7.02. The van der Waals surface area contributed by atoms with Gasteiger partial charge in [-0.2, -0.15) is 0 Å². The van der Waals surface area contributed by atoms with Crippen molar-refractivity contribution in [3.8, 4) is 5.75 Å². The predicted molar refractivity (Wildman–Crippen MR) is 127 cm³/mol. The number of likely N-dealkylation sites (tertiary alicyclic amines) is 1. The minimum Gasteiger partial charge on any atom is -0.497 e. The molecular weight excluding hydrogens is 462 g/mol. The number of ether oxygens (including phenoxy) is 1. The van der Waals surface area contributed by atoms with Crippen LogP contribution in [-0.2, 0) is 5.41 Å². The molecule has 36 heavy (non-hydrogen) atoms. The van der Waals surface area contributed by atoms with E-state index >= 15 is 0 Å². The van der Waals surface area contributed by atoms with Gasteiger partial charge in [-0.1, -0.05) is 0 Å². The molecule has 1 aromatic carbocycles. The summed E-state index contributed by atoms with van der Waals surface area (Å²) >= 11 is 0. The highest BCUT2D eigenvalue weighted by Crippen LogP contribution is 2.49. The van der Waals surface area contributed by atoms with Crippen LogP contribution in [0.4, 0.5) is 0 Å². The van der Waals surface area contributed by atoms with Gasteiger partial charge in [-0.3, -0.25) is 19.6 Å². The molecule has 2 amide bonds. The predicted octanol–water partition coefficient (Wildman–Crippen LogP) is 1.34. The Kier molecular flexibility index (Phi) is 5.15. The van der Waals surface area contributed by atoms with Crippen LogP contribution in [0.25, 0.3) is 10.9 Å².